The minimum absolute atomic E-state index is 0.0727. The summed E-state index contributed by atoms with van der Waals surface area (Å²) in [4.78, 5) is 22.8. The summed E-state index contributed by atoms with van der Waals surface area (Å²) in [7, 11) is 0. The van der Waals surface area contributed by atoms with Crippen LogP contribution in [-0.4, -0.2) is 28.0 Å². The van der Waals surface area contributed by atoms with E-state index < -0.39 is 0 Å². The largest absolute Gasteiger partial charge is 0.355 e. The third-order valence-corrected chi connectivity index (χ3v) is 5.96. The lowest BCUT2D eigenvalue weighted by atomic mass is 9.91. The molecular formula is C19H19ClN4O2S. The number of rotatable bonds is 3. The molecule has 0 aliphatic carbocycles. The summed E-state index contributed by atoms with van der Waals surface area (Å²) in [6, 6.07) is 6.69. The maximum atomic E-state index is 11.2. The molecule has 0 saturated carbocycles. The van der Waals surface area contributed by atoms with Crippen LogP contribution in [0.15, 0.2) is 29.6 Å². The van der Waals surface area contributed by atoms with E-state index in [1.165, 1.54) is 23.8 Å². The van der Waals surface area contributed by atoms with Crippen LogP contribution in [0, 0.1) is 22.0 Å². The van der Waals surface area contributed by atoms with Gasteiger partial charge >= 0.3 is 0 Å². The Bertz CT molecular complexity index is 1010. The number of nitrogens with zero attached hydrogens (tertiary/aromatic N) is 4. The highest BCUT2D eigenvalue weighted by atomic mass is 35.5. The van der Waals surface area contributed by atoms with Crippen LogP contribution < -0.4 is 4.90 Å². The van der Waals surface area contributed by atoms with Crippen molar-refractivity contribution in [1.29, 1.82) is 0 Å². The number of aromatic nitrogens is 2. The summed E-state index contributed by atoms with van der Waals surface area (Å²) in [6.45, 7) is 6.32. The first-order valence-electron chi connectivity index (χ1n) is 8.87. The Morgan fingerprint density at radius 1 is 1.26 bits per heavy atom. The summed E-state index contributed by atoms with van der Waals surface area (Å²) in [5.74, 6) is 1.96. The number of nitro benzene ring substituents is 1. The number of hydrogen-bond donors (Lipinski definition) is 0. The molecule has 1 aromatic carbocycles. The number of thiophene rings is 1. The van der Waals surface area contributed by atoms with Gasteiger partial charge in [-0.05, 0) is 35.4 Å². The Balaban J connectivity index is 1.89. The van der Waals surface area contributed by atoms with Gasteiger partial charge in [0.1, 0.15) is 10.6 Å². The van der Waals surface area contributed by atoms with E-state index in [1.807, 2.05) is 11.4 Å². The number of fused-ring (bicyclic) bond motifs is 1. The Morgan fingerprint density at radius 3 is 2.70 bits per heavy atom. The third kappa shape index (κ3) is 3.49. The fraction of sp³-hybridized carbons (Fsp3) is 0.368. The van der Waals surface area contributed by atoms with Gasteiger partial charge < -0.3 is 4.90 Å². The molecule has 140 valence electrons. The molecule has 0 amide bonds. The second-order valence-electron chi connectivity index (χ2n) is 7.30. The maximum absolute atomic E-state index is 11.2. The normalized spacial score (nSPS) is 20.2. The predicted molar refractivity (Wildman–Crippen MR) is 110 cm³/mol. The second kappa shape index (κ2) is 7.05. The number of nitro groups is 1. The van der Waals surface area contributed by atoms with E-state index in [0.29, 0.717) is 11.8 Å². The quantitative estimate of drug-likeness (QED) is 0.333. The fourth-order valence-corrected chi connectivity index (χ4v) is 5.12. The summed E-state index contributed by atoms with van der Waals surface area (Å²) in [5, 5.41) is 14.3. The average molecular weight is 403 g/mol. The Hall–Kier alpha value is -2.25. The molecule has 1 aliphatic rings. The van der Waals surface area contributed by atoms with E-state index in [2.05, 4.69) is 28.7 Å². The van der Waals surface area contributed by atoms with Crippen LogP contribution in [0.3, 0.4) is 0 Å². The Morgan fingerprint density at radius 2 is 2.00 bits per heavy atom. The minimum Gasteiger partial charge on any atom is -0.355 e. The van der Waals surface area contributed by atoms with Gasteiger partial charge in [-0.2, -0.15) is 4.98 Å². The zero-order chi connectivity index (χ0) is 19.1. The topological polar surface area (TPSA) is 72.2 Å². The van der Waals surface area contributed by atoms with E-state index in [0.717, 1.165) is 40.3 Å². The summed E-state index contributed by atoms with van der Waals surface area (Å²) in [5.41, 5.74) is 1.78. The van der Waals surface area contributed by atoms with Crippen molar-refractivity contribution in [3.63, 3.8) is 0 Å². The molecule has 0 bridgehead atoms. The van der Waals surface area contributed by atoms with Crippen LogP contribution in [0.5, 0.6) is 0 Å². The van der Waals surface area contributed by atoms with Crippen molar-refractivity contribution in [3.05, 3.63) is 45.0 Å². The molecule has 8 heteroatoms. The molecule has 0 N–H and O–H groups in total. The van der Waals surface area contributed by atoms with E-state index in [1.54, 1.807) is 12.1 Å². The SMILES string of the molecule is CC1CC(C)CN(c2nc(Cl)nc3scc(-c4cccc([N+](=O)[O-])c4)c23)C1. The van der Waals surface area contributed by atoms with Crippen LogP contribution in [0.4, 0.5) is 11.5 Å². The highest BCUT2D eigenvalue weighted by Gasteiger charge is 2.26. The number of benzene rings is 1. The zero-order valence-corrected chi connectivity index (χ0v) is 16.6. The summed E-state index contributed by atoms with van der Waals surface area (Å²) < 4.78 is 0. The van der Waals surface area contributed by atoms with Crippen LogP contribution in [-0.2, 0) is 0 Å². The van der Waals surface area contributed by atoms with Gasteiger partial charge in [0.25, 0.3) is 5.69 Å². The lowest BCUT2D eigenvalue weighted by Gasteiger charge is -2.36. The third-order valence-electron chi connectivity index (χ3n) is 4.92. The lowest BCUT2D eigenvalue weighted by Crippen LogP contribution is -2.39. The van der Waals surface area contributed by atoms with Gasteiger partial charge in [0.05, 0.1) is 10.3 Å². The Labute approximate surface area is 166 Å². The lowest BCUT2D eigenvalue weighted by molar-refractivity contribution is -0.384. The highest BCUT2D eigenvalue weighted by Crippen LogP contribution is 2.41. The first-order chi connectivity index (χ1) is 12.9. The zero-order valence-electron chi connectivity index (χ0n) is 15.1. The second-order valence-corrected chi connectivity index (χ2v) is 8.50. The molecule has 2 atom stereocenters. The van der Waals surface area contributed by atoms with E-state index in [-0.39, 0.29) is 15.9 Å². The first kappa shape index (κ1) is 18.1. The van der Waals surface area contributed by atoms with E-state index in [9.17, 15) is 10.1 Å². The monoisotopic (exact) mass is 402 g/mol. The molecule has 0 spiro atoms. The molecule has 3 heterocycles. The van der Waals surface area contributed by atoms with Crippen LogP contribution in [0.25, 0.3) is 21.3 Å². The van der Waals surface area contributed by atoms with Crippen LogP contribution in [0.1, 0.15) is 20.3 Å². The molecule has 27 heavy (non-hydrogen) atoms. The highest BCUT2D eigenvalue weighted by molar-refractivity contribution is 7.17. The van der Waals surface area contributed by atoms with E-state index in [4.69, 9.17) is 11.6 Å². The molecular weight excluding hydrogens is 384 g/mol. The molecule has 3 aromatic rings. The minimum atomic E-state index is -0.375. The average Bonchev–Trinajstić information content (AvgIpc) is 3.04. The summed E-state index contributed by atoms with van der Waals surface area (Å²) in [6.07, 6.45) is 1.19. The molecule has 2 aromatic heterocycles. The van der Waals surface area contributed by atoms with Gasteiger partial charge in [-0.3, -0.25) is 10.1 Å². The molecule has 1 aliphatic heterocycles. The predicted octanol–water partition coefficient (Wildman–Crippen LogP) is 5.40. The van der Waals surface area contributed by atoms with Crippen molar-refractivity contribution in [2.45, 2.75) is 20.3 Å². The molecule has 2 unspecified atom stereocenters. The van der Waals surface area contributed by atoms with E-state index >= 15 is 0 Å². The fourth-order valence-electron chi connectivity index (χ4n) is 3.96. The molecule has 1 fully saturated rings. The Kier molecular flexibility index (Phi) is 4.74. The first-order valence-corrected chi connectivity index (χ1v) is 10.1. The number of non-ortho nitro benzene ring substituents is 1. The smallest absolute Gasteiger partial charge is 0.270 e. The number of anilines is 1. The standard InChI is InChI=1S/C19H19ClN4O2S/c1-11-6-12(2)9-23(8-11)17-16-15(10-27-18(16)22-19(20)21-17)13-4-3-5-14(7-13)24(25)26/h3-5,7,10-12H,6,8-9H2,1-2H3. The molecule has 1 saturated heterocycles. The van der Waals surface area contributed by atoms with Gasteiger partial charge in [0.2, 0.25) is 5.28 Å². The number of piperidine rings is 1. The molecule has 0 radical (unpaired) electrons. The van der Waals surface area contributed by atoms with Gasteiger partial charge in [-0.15, -0.1) is 11.3 Å². The van der Waals surface area contributed by atoms with Crippen molar-refractivity contribution in [3.8, 4) is 11.1 Å². The maximum Gasteiger partial charge on any atom is 0.270 e. The van der Waals surface area contributed by atoms with Crippen molar-refractivity contribution in [2.75, 3.05) is 18.0 Å². The van der Waals surface area contributed by atoms with Crippen molar-refractivity contribution in [2.24, 2.45) is 11.8 Å². The number of halogens is 1. The number of hydrogen-bond acceptors (Lipinski definition) is 6. The summed E-state index contributed by atoms with van der Waals surface area (Å²) >= 11 is 7.69. The van der Waals surface area contributed by atoms with Gasteiger partial charge in [0.15, 0.2) is 0 Å². The molecule has 6 nitrogen and oxygen atoms in total. The molecule has 4 rings (SSSR count). The van der Waals surface area contributed by atoms with Gasteiger partial charge in [-0.1, -0.05) is 26.0 Å². The van der Waals surface area contributed by atoms with Crippen LogP contribution >= 0.6 is 22.9 Å². The van der Waals surface area contributed by atoms with Crippen molar-refractivity contribution in [1.82, 2.24) is 9.97 Å². The van der Waals surface area contributed by atoms with Crippen molar-refractivity contribution < 1.29 is 4.92 Å². The van der Waals surface area contributed by atoms with Gasteiger partial charge in [0, 0.05) is 36.2 Å². The van der Waals surface area contributed by atoms with Crippen LogP contribution in [0.2, 0.25) is 5.28 Å². The van der Waals surface area contributed by atoms with Gasteiger partial charge in [-0.25, -0.2) is 4.98 Å². The van der Waals surface area contributed by atoms with Crippen molar-refractivity contribution >= 4 is 44.7 Å².